The number of urea groups is 1. The summed E-state index contributed by atoms with van der Waals surface area (Å²) in [7, 11) is 0. The minimum absolute atomic E-state index is 0.194. The molecule has 9 heteroatoms. The van der Waals surface area contributed by atoms with E-state index in [-0.39, 0.29) is 43.5 Å². The fraction of sp³-hybridized carbons (Fsp3) is 0.318. The topological polar surface area (TPSA) is 61.4 Å². The molecule has 0 radical (unpaired) electrons. The number of hydrogen-bond acceptors (Lipinski definition) is 4. The van der Waals surface area contributed by atoms with Gasteiger partial charge < -0.3 is 15.1 Å². The molecule has 1 fully saturated rings. The van der Waals surface area contributed by atoms with Crippen molar-refractivity contribution in [3.63, 3.8) is 0 Å². The summed E-state index contributed by atoms with van der Waals surface area (Å²) in [5, 5.41) is 2.88. The first-order valence-electron chi connectivity index (χ1n) is 9.94. The number of para-hydroxylation sites is 2. The molecule has 1 aliphatic heterocycles. The van der Waals surface area contributed by atoms with Crippen LogP contribution in [0.15, 0.2) is 42.5 Å². The number of amides is 2. The zero-order chi connectivity index (χ0) is 22.2. The van der Waals surface area contributed by atoms with Crippen molar-refractivity contribution in [1.82, 2.24) is 14.9 Å². The molecule has 0 unspecified atom stereocenters. The number of benzene rings is 2. The second kappa shape index (κ2) is 8.05. The highest BCUT2D eigenvalue weighted by atomic mass is 19.4. The van der Waals surface area contributed by atoms with Crippen LogP contribution in [0.5, 0.6) is 0 Å². The van der Waals surface area contributed by atoms with E-state index >= 15 is 0 Å². The Labute approximate surface area is 177 Å². The van der Waals surface area contributed by atoms with Gasteiger partial charge in [-0.25, -0.2) is 14.8 Å². The summed E-state index contributed by atoms with van der Waals surface area (Å²) in [4.78, 5) is 23.9. The highest BCUT2D eigenvalue weighted by molar-refractivity contribution is 5.90. The number of piperazine rings is 1. The average Bonchev–Trinajstić information content (AvgIpc) is 2.74. The largest absolute Gasteiger partial charge is 0.437 e. The molecule has 6 nitrogen and oxygen atoms in total. The van der Waals surface area contributed by atoms with Gasteiger partial charge in [0.2, 0.25) is 0 Å². The average molecular weight is 429 g/mol. The molecule has 0 bridgehead atoms. The Bertz CT molecular complexity index is 1120. The molecule has 0 saturated carbocycles. The van der Waals surface area contributed by atoms with Crippen LogP contribution in [0.3, 0.4) is 0 Å². The van der Waals surface area contributed by atoms with E-state index in [1.807, 2.05) is 32.0 Å². The molecule has 31 heavy (non-hydrogen) atoms. The van der Waals surface area contributed by atoms with Gasteiger partial charge in [0.25, 0.3) is 0 Å². The minimum Gasteiger partial charge on any atom is -0.351 e. The Morgan fingerprint density at radius 2 is 1.61 bits per heavy atom. The van der Waals surface area contributed by atoms with Crippen molar-refractivity contribution in [1.29, 1.82) is 0 Å². The number of aryl methyl sites for hydroxylation is 2. The third kappa shape index (κ3) is 4.40. The van der Waals surface area contributed by atoms with Gasteiger partial charge in [0, 0.05) is 31.9 Å². The van der Waals surface area contributed by atoms with Gasteiger partial charge in [0.1, 0.15) is 0 Å². The van der Waals surface area contributed by atoms with Crippen molar-refractivity contribution in [2.24, 2.45) is 0 Å². The van der Waals surface area contributed by atoms with E-state index in [1.165, 1.54) is 6.07 Å². The van der Waals surface area contributed by atoms with E-state index in [0.29, 0.717) is 5.52 Å². The van der Waals surface area contributed by atoms with Crippen LogP contribution in [0.4, 0.5) is 29.5 Å². The number of hydrogen-bond donors (Lipinski definition) is 1. The van der Waals surface area contributed by atoms with E-state index in [0.717, 1.165) is 16.8 Å². The molecular formula is C22H22F3N5O. The summed E-state index contributed by atoms with van der Waals surface area (Å²) >= 11 is 0. The molecule has 1 saturated heterocycles. The van der Waals surface area contributed by atoms with Crippen molar-refractivity contribution < 1.29 is 18.0 Å². The van der Waals surface area contributed by atoms with Gasteiger partial charge in [-0.3, -0.25) is 0 Å². The molecule has 162 valence electrons. The fourth-order valence-electron chi connectivity index (χ4n) is 3.67. The Morgan fingerprint density at radius 1 is 0.968 bits per heavy atom. The Balaban J connectivity index is 1.50. The first kappa shape index (κ1) is 20.9. The summed E-state index contributed by atoms with van der Waals surface area (Å²) in [6, 6.07) is 12.0. The van der Waals surface area contributed by atoms with E-state index in [4.69, 9.17) is 0 Å². The maximum atomic E-state index is 13.6. The zero-order valence-electron chi connectivity index (χ0n) is 17.2. The number of anilines is 2. The normalized spacial score (nSPS) is 14.7. The summed E-state index contributed by atoms with van der Waals surface area (Å²) in [5.41, 5.74) is 2.37. The number of nitrogens with zero attached hydrogens (tertiary/aromatic N) is 4. The predicted octanol–water partition coefficient (Wildman–Crippen LogP) is 4.62. The second-order valence-electron chi connectivity index (χ2n) is 7.60. The molecule has 2 amide bonds. The first-order chi connectivity index (χ1) is 14.7. The highest BCUT2D eigenvalue weighted by Gasteiger charge is 2.39. The Kier molecular flexibility index (Phi) is 5.43. The zero-order valence-corrected chi connectivity index (χ0v) is 17.2. The number of fused-ring (bicyclic) bond motifs is 1. The minimum atomic E-state index is -4.62. The molecule has 2 heterocycles. The number of carbonyl (C=O) groups excluding carboxylic acids is 1. The lowest BCUT2D eigenvalue weighted by atomic mass is 10.1. The van der Waals surface area contributed by atoms with Crippen molar-refractivity contribution in [2.75, 3.05) is 36.4 Å². The van der Waals surface area contributed by atoms with Crippen LogP contribution in [0.25, 0.3) is 11.0 Å². The Hall–Kier alpha value is -3.36. The summed E-state index contributed by atoms with van der Waals surface area (Å²) in [5.74, 6) is -0.194. The van der Waals surface area contributed by atoms with Crippen LogP contribution in [0, 0.1) is 13.8 Å². The van der Waals surface area contributed by atoms with Crippen LogP contribution < -0.4 is 10.2 Å². The standard InChI is InChI=1S/C22H22F3N5O/c1-14-7-8-16(15(2)13-14)28-21(31)30-11-9-29(10-12-30)20-19(22(23,24)25)26-17-5-3-4-6-18(17)27-20/h3-8,13H,9-12H2,1-2H3,(H,28,31). The van der Waals surface area contributed by atoms with Gasteiger partial charge >= 0.3 is 12.2 Å². The number of nitrogens with one attached hydrogen (secondary N) is 1. The third-order valence-corrected chi connectivity index (χ3v) is 5.31. The van der Waals surface area contributed by atoms with E-state index in [1.54, 1.807) is 28.0 Å². The quantitative estimate of drug-likeness (QED) is 0.646. The molecule has 0 spiro atoms. The molecule has 0 aliphatic carbocycles. The molecule has 2 aromatic carbocycles. The van der Waals surface area contributed by atoms with Crippen molar-refractivity contribution in [3.05, 3.63) is 59.3 Å². The van der Waals surface area contributed by atoms with Crippen LogP contribution in [0.2, 0.25) is 0 Å². The van der Waals surface area contributed by atoms with Gasteiger partial charge in [-0.05, 0) is 37.6 Å². The molecule has 1 aliphatic rings. The maximum Gasteiger partial charge on any atom is 0.437 e. The van der Waals surface area contributed by atoms with E-state index in [2.05, 4.69) is 15.3 Å². The van der Waals surface area contributed by atoms with Crippen LogP contribution in [-0.2, 0) is 6.18 Å². The van der Waals surface area contributed by atoms with E-state index in [9.17, 15) is 18.0 Å². The van der Waals surface area contributed by atoms with Crippen molar-refractivity contribution >= 4 is 28.6 Å². The van der Waals surface area contributed by atoms with Crippen LogP contribution in [0.1, 0.15) is 16.8 Å². The van der Waals surface area contributed by atoms with Gasteiger partial charge in [0.15, 0.2) is 11.5 Å². The number of halogens is 3. The fourth-order valence-corrected chi connectivity index (χ4v) is 3.67. The third-order valence-electron chi connectivity index (χ3n) is 5.31. The molecule has 1 N–H and O–H groups in total. The van der Waals surface area contributed by atoms with Gasteiger partial charge in [-0.2, -0.15) is 13.2 Å². The molecule has 3 aromatic rings. The molecule has 1 aromatic heterocycles. The summed E-state index contributed by atoms with van der Waals surface area (Å²) in [6.45, 7) is 4.91. The summed E-state index contributed by atoms with van der Waals surface area (Å²) < 4.78 is 40.9. The Morgan fingerprint density at radius 3 is 2.23 bits per heavy atom. The summed E-state index contributed by atoms with van der Waals surface area (Å²) in [6.07, 6.45) is -4.62. The van der Waals surface area contributed by atoms with Crippen LogP contribution >= 0.6 is 0 Å². The number of rotatable bonds is 2. The maximum absolute atomic E-state index is 13.6. The van der Waals surface area contributed by atoms with Crippen molar-refractivity contribution in [2.45, 2.75) is 20.0 Å². The lowest BCUT2D eigenvalue weighted by Crippen LogP contribution is -2.50. The van der Waals surface area contributed by atoms with Crippen molar-refractivity contribution in [3.8, 4) is 0 Å². The predicted molar refractivity (Wildman–Crippen MR) is 113 cm³/mol. The second-order valence-corrected chi connectivity index (χ2v) is 7.60. The molecule has 0 atom stereocenters. The number of carbonyl (C=O) groups is 1. The lowest BCUT2D eigenvalue weighted by molar-refractivity contribution is -0.140. The monoisotopic (exact) mass is 429 g/mol. The lowest BCUT2D eigenvalue weighted by Gasteiger charge is -2.36. The SMILES string of the molecule is Cc1ccc(NC(=O)N2CCN(c3nc4ccccc4nc3C(F)(F)F)CC2)c(C)c1. The van der Waals surface area contributed by atoms with Gasteiger partial charge in [0.05, 0.1) is 11.0 Å². The number of alkyl halides is 3. The van der Waals surface area contributed by atoms with Crippen LogP contribution in [-0.4, -0.2) is 47.1 Å². The van der Waals surface area contributed by atoms with Gasteiger partial charge in [-0.15, -0.1) is 0 Å². The molecule has 4 rings (SSSR count). The van der Waals surface area contributed by atoms with E-state index < -0.39 is 11.9 Å². The highest BCUT2D eigenvalue weighted by Crippen LogP contribution is 2.35. The molecular weight excluding hydrogens is 407 g/mol. The number of aromatic nitrogens is 2. The first-order valence-corrected chi connectivity index (χ1v) is 9.94. The smallest absolute Gasteiger partial charge is 0.351 e. The van der Waals surface area contributed by atoms with Gasteiger partial charge in [-0.1, -0.05) is 29.8 Å².